The van der Waals surface area contributed by atoms with Gasteiger partial charge in [-0.05, 0) is 36.4 Å². The molecule has 0 heterocycles. The van der Waals surface area contributed by atoms with E-state index < -0.39 is 8.60 Å². The van der Waals surface area contributed by atoms with Gasteiger partial charge >= 0.3 is 8.60 Å². The maximum Gasteiger partial charge on any atom is 0.530 e. The molecule has 0 bridgehead atoms. The summed E-state index contributed by atoms with van der Waals surface area (Å²) < 4.78 is 17.5. The Morgan fingerprint density at radius 3 is 0.806 bits per heavy atom. The van der Waals surface area contributed by atoms with E-state index in [9.17, 15) is 0 Å². The summed E-state index contributed by atoms with van der Waals surface area (Å²) >= 11 is 0. The van der Waals surface area contributed by atoms with Crippen molar-refractivity contribution in [1.82, 2.24) is 0 Å². The minimum absolute atomic E-state index is 0. The van der Waals surface area contributed by atoms with Gasteiger partial charge in [-0.2, -0.15) is 0 Å². The van der Waals surface area contributed by atoms with Crippen LogP contribution in [-0.2, 0) is 36.2 Å². The van der Waals surface area contributed by atoms with Crippen LogP contribution in [0.3, 0.4) is 0 Å². The molecule has 0 atom stereocenters. The molecule has 9 heteroatoms. The first kappa shape index (κ1) is 32.4. The molecule has 3 aromatic rings. The van der Waals surface area contributed by atoms with Crippen molar-refractivity contribution in [3.8, 4) is 17.2 Å². The van der Waals surface area contributed by atoms with Crippen LogP contribution in [0.1, 0.15) is 0 Å². The Kier molecular flexibility index (Phi) is 25.8. The molecule has 0 aliphatic heterocycles. The zero-order valence-electron chi connectivity index (χ0n) is 15.8. The van der Waals surface area contributed by atoms with E-state index in [-0.39, 0.29) is 17.1 Å². The molecular weight excluding hydrogens is 463 g/mol. The van der Waals surface area contributed by atoms with Gasteiger partial charge in [-0.25, -0.2) is 0 Å². The Hall–Kier alpha value is -3.31. The van der Waals surface area contributed by atoms with Gasteiger partial charge in [0.25, 0.3) is 27.2 Å². The van der Waals surface area contributed by atoms with E-state index in [1.807, 2.05) is 91.0 Å². The molecular formula is C22H15FeO7P. The average molecular weight is 478 g/mol. The van der Waals surface area contributed by atoms with Crippen LogP contribution in [0.5, 0.6) is 17.2 Å². The van der Waals surface area contributed by atoms with E-state index >= 15 is 0 Å². The smallest absolute Gasteiger partial charge is 0.409 e. The van der Waals surface area contributed by atoms with Crippen LogP contribution in [0.25, 0.3) is 0 Å². The van der Waals surface area contributed by atoms with Gasteiger partial charge < -0.3 is 13.6 Å². The molecule has 8 radical (unpaired) electrons. The summed E-state index contributed by atoms with van der Waals surface area (Å²) in [7, 11) is -1.59. The van der Waals surface area contributed by atoms with Crippen molar-refractivity contribution in [2.75, 3.05) is 0 Å². The third kappa shape index (κ3) is 15.2. The SMILES string of the molecule is [C]=O.[C]=O.[C]=O.[C]=O.[Fe].c1ccc(OP(Oc2ccccc2)Oc2ccccc2)cc1. The molecule has 0 saturated carbocycles. The first-order valence-corrected chi connectivity index (χ1v) is 8.80. The average Bonchev–Trinajstić information content (AvgIpc) is 2.86. The van der Waals surface area contributed by atoms with Crippen LogP contribution in [0, 0.1) is 0 Å². The standard InChI is InChI=1S/C18H15O3P.4CO.Fe/c1-4-10-16(11-5-1)19-22(20-17-12-6-2-7-13-17)21-18-14-8-3-9-15-18;4*1-2;/h1-15H;;;;;. The number of hydrogen-bond donors (Lipinski definition) is 0. The van der Waals surface area contributed by atoms with Crippen molar-refractivity contribution in [2.24, 2.45) is 0 Å². The third-order valence-electron chi connectivity index (χ3n) is 2.77. The van der Waals surface area contributed by atoms with E-state index in [0.29, 0.717) is 17.2 Å². The molecule has 0 aliphatic rings. The molecule has 31 heavy (non-hydrogen) atoms. The third-order valence-corrected chi connectivity index (χ3v) is 3.85. The molecule has 0 aromatic heterocycles. The molecule has 0 saturated heterocycles. The summed E-state index contributed by atoms with van der Waals surface area (Å²) in [4.78, 5) is 30.0. The number of para-hydroxylation sites is 3. The largest absolute Gasteiger partial charge is 0.530 e. The van der Waals surface area contributed by atoms with Gasteiger partial charge in [0.2, 0.25) is 0 Å². The molecule has 0 unspecified atom stereocenters. The molecule has 3 rings (SSSR count). The Morgan fingerprint density at radius 2 is 0.613 bits per heavy atom. The fourth-order valence-electron chi connectivity index (χ4n) is 1.76. The van der Waals surface area contributed by atoms with Crippen LogP contribution in [0.2, 0.25) is 0 Å². The van der Waals surface area contributed by atoms with Crippen LogP contribution >= 0.6 is 8.60 Å². The Bertz CT molecular complexity index is 645. The van der Waals surface area contributed by atoms with Crippen molar-refractivity contribution in [3.63, 3.8) is 0 Å². The van der Waals surface area contributed by atoms with E-state index in [1.165, 1.54) is 0 Å². The van der Waals surface area contributed by atoms with Gasteiger partial charge in [0.1, 0.15) is 17.2 Å². The van der Waals surface area contributed by atoms with E-state index in [0.717, 1.165) is 0 Å². The van der Waals surface area contributed by atoms with Gasteiger partial charge in [0.15, 0.2) is 0 Å². The summed E-state index contributed by atoms with van der Waals surface area (Å²) in [5.74, 6) is 2.13. The second-order valence-corrected chi connectivity index (χ2v) is 5.43. The van der Waals surface area contributed by atoms with Crippen molar-refractivity contribution < 1.29 is 49.8 Å². The maximum absolute atomic E-state index is 7.50. The van der Waals surface area contributed by atoms with Crippen molar-refractivity contribution >= 4 is 35.8 Å². The summed E-state index contributed by atoms with van der Waals surface area (Å²) in [6, 6.07) is 28.5. The van der Waals surface area contributed by atoms with Crippen LogP contribution in [-0.4, -0.2) is 27.2 Å². The van der Waals surface area contributed by atoms with Gasteiger partial charge in [-0.1, -0.05) is 54.6 Å². The van der Waals surface area contributed by atoms with E-state index in [2.05, 4.69) is 27.2 Å². The molecule has 0 N–H and O–H groups in total. The normalized spacial score (nSPS) is 7.77. The first-order valence-electron chi connectivity index (χ1n) is 7.71. The van der Waals surface area contributed by atoms with Gasteiger partial charge in [0.05, 0.1) is 0 Å². The van der Waals surface area contributed by atoms with Crippen LogP contribution in [0.15, 0.2) is 91.0 Å². The molecule has 0 aliphatic carbocycles. The topological polar surface area (TPSA) is 96.0 Å². The van der Waals surface area contributed by atoms with E-state index in [4.69, 9.17) is 32.7 Å². The number of rotatable bonds is 6. The Morgan fingerprint density at radius 1 is 0.419 bits per heavy atom. The fraction of sp³-hybridized carbons (Fsp3) is 0. The van der Waals surface area contributed by atoms with Crippen LogP contribution in [0.4, 0.5) is 0 Å². The molecule has 0 spiro atoms. The molecule has 0 amide bonds. The van der Waals surface area contributed by atoms with Gasteiger partial charge in [-0.3, -0.25) is 19.2 Å². The zero-order valence-corrected chi connectivity index (χ0v) is 17.8. The molecule has 7 nitrogen and oxygen atoms in total. The monoisotopic (exact) mass is 478 g/mol. The minimum Gasteiger partial charge on any atom is -0.409 e. The van der Waals surface area contributed by atoms with Crippen molar-refractivity contribution in [3.05, 3.63) is 91.0 Å². The first-order chi connectivity index (χ1) is 14.9. The van der Waals surface area contributed by atoms with Gasteiger partial charge in [0, 0.05) is 17.1 Å². The molecule has 158 valence electrons. The second kappa shape index (κ2) is 24.7. The Labute approximate surface area is 193 Å². The molecule has 0 fully saturated rings. The summed E-state index contributed by atoms with van der Waals surface area (Å²) in [5, 5.41) is 0. The summed E-state index contributed by atoms with van der Waals surface area (Å²) in [6.45, 7) is 18.0. The van der Waals surface area contributed by atoms with Crippen molar-refractivity contribution in [2.45, 2.75) is 0 Å². The quantitative estimate of drug-likeness (QED) is 0.392. The van der Waals surface area contributed by atoms with Gasteiger partial charge in [-0.15, -0.1) is 0 Å². The second-order valence-electron chi connectivity index (χ2n) is 4.44. The summed E-state index contributed by atoms with van der Waals surface area (Å²) in [6.07, 6.45) is 0. The zero-order chi connectivity index (χ0) is 23.0. The maximum atomic E-state index is 7.50. The Balaban J connectivity index is -0.000000785. The predicted molar refractivity (Wildman–Crippen MR) is 111 cm³/mol. The number of carbonyl (C=O) groups excluding carboxylic acids is 4. The van der Waals surface area contributed by atoms with Crippen molar-refractivity contribution in [1.29, 1.82) is 0 Å². The summed E-state index contributed by atoms with van der Waals surface area (Å²) in [5.41, 5.74) is 0. The fourth-order valence-corrected chi connectivity index (χ4v) is 2.75. The van der Waals surface area contributed by atoms with E-state index in [1.54, 1.807) is 0 Å². The number of benzene rings is 3. The van der Waals surface area contributed by atoms with Crippen LogP contribution < -0.4 is 13.6 Å². The predicted octanol–water partition coefficient (Wildman–Crippen LogP) is 3.86. The minimum atomic E-state index is -1.59. The molecule has 3 aromatic carbocycles. The number of hydrogen-bond acceptors (Lipinski definition) is 7.